The predicted molar refractivity (Wildman–Crippen MR) is 72.9 cm³/mol. The average molecular weight is 228 g/mol. The third kappa shape index (κ3) is 9.21. The summed E-state index contributed by atoms with van der Waals surface area (Å²) in [4.78, 5) is 0. The molecule has 0 aliphatic carbocycles. The molecule has 0 rings (SSSR count). The van der Waals surface area contributed by atoms with Gasteiger partial charge in [-0.1, -0.05) is 72.1 Å². The van der Waals surface area contributed by atoms with E-state index in [1.165, 1.54) is 57.8 Å². The Morgan fingerprint density at radius 1 is 0.812 bits per heavy atom. The second kappa shape index (κ2) is 11.4. The molecule has 0 aliphatic rings. The fraction of sp³-hybridized carbons (Fsp3) is 1.00. The molecule has 1 atom stereocenters. The molecule has 0 aliphatic heterocycles. The first-order chi connectivity index (χ1) is 7.72. The quantitative estimate of drug-likeness (QED) is 0.442. The van der Waals surface area contributed by atoms with Crippen LogP contribution >= 0.6 is 0 Å². The standard InChI is InChI=1S/C15H32O/c1-5-6-7-8-9-10-11-12-13-15(16-4)14(2)3/h14-15H,5-13H2,1-4H3. The normalized spacial score (nSPS) is 13.3. The molecular weight excluding hydrogens is 196 g/mol. The van der Waals surface area contributed by atoms with Gasteiger partial charge in [0.15, 0.2) is 0 Å². The smallest absolute Gasteiger partial charge is 0.0594 e. The highest BCUT2D eigenvalue weighted by Crippen LogP contribution is 2.15. The highest BCUT2D eigenvalue weighted by Gasteiger charge is 2.10. The van der Waals surface area contributed by atoms with Crippen LogP contribution in [0.15, 0.2) is 0 Å². The lowest BCUT2D eigenvalue weighted by Crippen LogP contribution is -2.17. The summed E-state index contributed by atoms with van der Waals surface area (Å²) in [6.07, 6.45) is 12.9. The lowest BCUT2D eigenvalue weighted by atomic mass is 9.99. The average Bonchev–Trinajstić information content (AvgIpc) is 2.26. The third-order valence-corrected chi connectivity index (χ3v) is 3.39. The predicted octanol–water partition coefficient (Wildman–Crippen LogP) is 5.19. The summed E-state index contributed by atoms with van der Waals surface area (Å²) in [5.41, 5.74) is 0. The van der Waals surface area contributed by atoms with E-state index in [9.17, 15) is 0 Å². The molecule has 0 amide bonds. The Labute approximate surface area is 103 Å². The Bertz CT molecular complexity index is 131. The molecular formula is C15H32O. The molecule has 1 unspecified atom stereocenters. The van der Waals surface area contributed by atoms with Crippen LogP contribution in [0.1, 0.15) is 78.6 Å². The van der Waals surface area contributed by atoms with Gasteiger partial charge in [0, 0.05) is 7.11 Å². The van der Waals surface area contributed by atoms with Gasteiger partial charge in [-0.05, 0) is 12.3 Å². The number of methoxy groups -OCH3 is 1. The highest BCUT2D eigenvalue weighted by atomic mass is 16.5. The summed E-state index contributed by atoms with van der Waals surface area (Å²) >= 11 is 0. The van der Waals surface area contributed by atoms with Crippen LogP contribution in [0.2, 0.25) is 0 Å². The van der Waals surface area contributed by atoms with E-state index in [0.29, 0.717) is 12.0 Å². The van der Waals surface area contributed by atoms with E-state index >= 15 is 0 Å². The summed E-state index contributed by atoms with van der Waals surface area (Å²) < 4.78 is 5.47. The minimum Gasteiger partial charge on any atom is -0.381 e. The van der Waals surface area contributed by atoms with Crippen molar-refractivity contribution in [2.75, 3.05) is 7.11 Å². The van der Waals surface area contributed by atoms with Gasteiger partial charge < -0.3 is 4.74 Å². The van der Waals surface area contributed by atoms with E-state index in [2.05, 4.69) is 20.8 Å². The number of hydrogen-bond acceptors (Lipinski definition) is 1. The van der Waals surface area contributed by atoms with Gasteiger partial charge in [0.2, 0.25) is 0 Å². The topological polar surface area (TPSA) is 9.23 Å². The molecule has 0 fully saturated rings. The van der Waals surface area contributed by atoms with Crippen LogP contribution in [0.25, 0.3) is 0 Å². The summed E-state index contributed by atoms with van der Waals surface area (Å²) in [6, 6.07) is 0. The van der Waals surface area contributed by atoms with Gasteiger partial charge in [-0.3, -0.25) is 0 Å². The van der Waals surface area contributed by atoms with Crippen molar-refractivity contribution >= 4 is 0 Å². The van der Waals surface area contributed by atoms with E-state index < -0.39 is 0 Å². The molecule has 0 aromatic rings. The van der Waals surface area contributed by atoms with Crippen molar-refractivity contribution in [3.8, 4) is 0 Å². The van der Waals surface area contributed by atoms with Crippen molar-refractivity contribution in [2.45, 2.75) is 84.7 Å². The van der Waals surface area contributed by atoms with Gasteiger partial charge in [0.05, 0.1) is 6.10 Å². The minimum absolute atomic E-state index is 0.472. The van der Waals surface area contributed by atoms with E-state index in [1.54, 1.807) is 0 Å². The molecule has 0 saturated carbocycles. The lowest BCUT2D eigenvalue weighted by molar-refractivity contribution is 0.0560. The first-order valence-corrected chi connectivity index (χ1v) is 7.25. The Hall–Kier alpha value is -0.0400. The second-order valence-electron chi connectivity index (χ2n) is 5.28. The van der Waals surface area contributed by atoms with E-state index in [-0.39, 0.29) is 0 Å². The van der Waals surface area contributed by atoms with Gasteiger partial charge in [-0.25, -0.2) is 0 Å². The van der Waals surface area contributed by atoms with Gasteiger partial charge in [0.1, 0.15) is 0 Å². The number of unbranched alkanes of at least 4 members (excludes halogenated alkanes) is 7. The largest absolute Gasteiger partial charge is 0.381 e. The Morgan fingerprint density at radius 2 is 1.31 bits per heavy atom. The first-order valence-electron chi connectivity index (χ1n) is 7.25. The van der Waals surface area contributed by atoms with Crippen molar-refractivity contribution in [2.24, 2.45) is 5.92 Å². The van der Waals surface area contributed by atoms with Crippen LogP contribution in [-0.4, -0.2) is 13.2 Å². The summed E-state index contributed by atoms with van der Waals surface area (Å²) in [5.74, 6) is 0.662. The van der Waals surface area contributed by atoms with Crippen LogP contribution in [0.4, 0.5) is 0 Å². The molecule has 0 heterocycles. The Morgan fingerprint density at radius 3 is 1.75 bits per heavy atom. The van der Waals surface area contributed by atoms with Crippen LogP contribution in [0.3, 0.4) is 0 Å². The fourth-order valence-electron chi connectivity index (χ4n) is 2.20. The van der Waals surface area contributed by atoms with Crippen molar-refractivity contribution in [1.29, 1.82) is 0 Å². The molecule has 0 radical (unpaired) electrons. The zero-order valence-electron chi connectivity index (χ0n) is 11.9. The molecule has 0 bridgehead atoms. The summed E-state index contributed by atoms with van der Waals surface area (Å²) in [5, 5.41) is 0. The monoisotopic (exact) mass is 228 g/mol. The van der Waals surface area contributed by atoms with Crippen LogP contribution in [-0.2, 0) is 4.74 Å². The Balaban J connectivity index is 3.19. The van der Waals surface area contributed by atoms with E-state index in [4.69, 9.17) is 4.74 Å². The van der Waals surface area contributed by atoms with Crippen LogP contribution < -0.4 is 0 Å². The zero-order valence-corrected chi connectivity index (χ0v) is 11.9. The minimum atomic E-state index is 0.472. The Kier molecular flexibility index (Phi) is 11.4. The molecule has 1 nitrogen and oxygen atoms in total. The lowest BCUT2D eigenvalue weighted by Gasteiger charge is -2.18. The molecule has 0 N–H and O–H groups in total. The van der Waals surface area contributed by atoms with Gasteiger partial charge >= 0.3 is 0 Å². The van der Waals surface area contributed by atoms with Gasteiger partial charge in [0.25, 0.3) is 0 Å². The maximum atomic E-state index is 5.47. The molecule has 98 valence electrons. The van der Waals surface area contributed by atoms with E-state index in [0.717, 1.165) is 0 Å². The maximum Gasteiger partial charge on any atom is 0.0594 e. The van der Waals surface area contributed by atoms with Crippen molar-refractivity contribution < 1.29 is 4.74 Å². The van der Waals surface area contributed by atoms with Crippen molar-refractivity contribution in [3.05, 3.63) is 0 Å². The SMILES string of the molecule is CCCCCCCCCCC(OC)C(C)C. The molecule has 0 spiro atoms. The van der Waals surface area contributed by atoms with Crippen LogP contribution in [0.5, 0.6) is 0 Å². The van der Waals surface area contributed by atoms with E-state index in [1.807, 2.05) is 7.11 Å². The first kappa shape index (κ1) is 16.0. The zero-order chi connectivity index (χ0) is 12.2. The molecule has 0 saturated heterocycles. The third-order valence-electron chi connectivity index (χ3n) is 3.39. The maximum absolute atomic E-state index is 5.47. The number of hydrogen-bond donors (Lipinski definition) is 0. The second-order valence-corrected chi connectivity index (χ2v) is 5.28. The number of ether oxygens (including phenoxy) is 1. The summed E-state index contributed by atoms with van der Waals surface area (Å²) in [7, 11) is 1.84. The van der Waals surface area contributed by atoms with Gasteiger partial charge in [-0.15, -0.1) is 0 Å². The molecule has 1 heteroatoms. The van der Waals surface area contributed by atoms with Crippen molar-refractivity contribution in [3.63, 3.8) is 0 Å². The van der Waals surface area contributed by atoms with Gasteiger partial charge in [-0.2, -0.15) is 0 Å². The highest BCUT2D eigenvalue weighted by molar-refractivity contribution is 4.61. The van der Waals surface area contributed by atoms with Crippen LogP contribution in [0, 0.1) is 5.92 Å². The molecule has 0 aromatic heterocycles. The number of rotatable bonds is 11. The molecule has 16 heavy (non-hydrogen) atoms. The summed E-state index contributed by atoms with van der Waals surface area (Å²) in [6.45, 7) is 6.77. The van der Waals surface area contributed by atoms with Crippen molar-refractivity contribution in [1.82, 2.24) is 0 Å². The fourth-order valence-corrected chi connectivity index (χ4v) is 2.20. The molecule has 0 aromatic carbocycles.